The van der Waals surface area contributed by atoms with E-state index < -0.39 is 10.0 Å². The van der Waals surface area contributed by atoms with Crippen LogP contribution in [0.5, 0.6) is 0 Å². The Hall–Kier alpha value is -3.84. The summed E-state index contributed by atoms with van der Waals surface area (Å²) in [4.78, 5) is 12.3. The normalized spacial score (nSPS) is 11.7. The number of hydrogen-bond acceptors (Lipinski definition) is 4. The molecule has 1 aromatic heterocycles. The first-order valence-electron chi connectivity index (χ1n) is 9.19. The Labute approximate surface area is 174 Å². The van der Waals surface area contributed by atoms with Crippen LogP contribution in [0.4, 0.5) is 11.4 Å². The number of carbonyl (C=O) groups excluding carboxylic acids is 1. The van der Waals surface area contributed by atoms with Crippen LogP contribution in [0.15, 0.2) is 96.2 Å². The van der Waals surface area contributed by atoms with Crippen molar-refractivity contribution in [1.29, 1.82) is 0 Å². The van der Waals surface area contributed by atoms with Gasteiger partial charge in [0.15, 0.2) is 0 Å². The molecule has 30 heavy (non-hydrogen) atoms. The van der Waals surface area contributed by atoms with Gasteiger partial charge in [-0.05, 0) is 52.7 Å². The van der Waals surface area contributed by atoms with Gasteiger partial charge in [0.05, 0.1) is 16.3 Å². The standard InChI is InChI=1S/C23H19N3O3S/c24-21-7-3-4-8-22(21)25-23(27)12-9-17-13-14-26(16-17)30(28,29)20-11-10-18-5-1-2-6-19(18)15-20/h1-16H,24H2,(H,25,27). The second-order valence-electron chi connectivity index (χ2n) is 6.70. The van der Waals surface area contributed by atoms with Gasteiger partial charge in [0.25, 0.3) is 10.0 Å². The number of hydrogen-bond donors (Lipinski definition) is 2. The van der Waals surface area contributed by atoms with E-state index in [4.69, 9.17) is 5.73 Å². The first kappa shape index (κ1) is 19.5. The molecule has 6 nitrogen and oxygen atoms in total. The van der Waals surface area contributed by atoms with E-state index in [1.165, 1.54) is 18.5 Å². The van der Waals surface area contributed by atoms with Crippen LogP contribution in [-0.4, -0.2) is 18.3 Å². The number of nitrogens with two attached hydrogens (primary N) is 1. The summed E-state index contributed by atoms with van der Waals surface area (Å²) < 4.78 is 27.0. The quantitative estimate of drug-likeness (QED) is 0.377. The highest BCUT2D eigenvalue weighted by Crippen LogP contribution is 2.22. The fourth-order valence-corrected chi connectivity index (χ4v) is 4.29. The zero-order valence-corrected chi connectivity index (χ0v) is 16.7. The Kier molecular flexibility index (Phi) is 5.12. The molecule has 3 N–H and O–H groups in total. The number of para-hydroxylation sites is 2. The largest absolute Gasteiger partial charge is 0.397 e. The Morgan fingerprint density at radius 1 is 0.933 bits per heavy atom. The number of anilines is 2. The average molecular weight is 417 g/mol. The number of benzene rings is 3. The highest BCUT2D eigenvalue weighted by Gasteiger charge is 2.17. The molecule has 4 aromatic rings. The van der Waals surface area contributed by atoms with E-state index in [9.17, 15) is 13.2 Å². The maximum atomic E-state index is 13.0. The van der Waals surface area contributed by atoms with Crippen LogP contribution in [0.1, 0.15) is 5.56 Å². The van der Waals surface area contributed by atoms with E-state index in [0.29, 0.717) is 16.9 Å². The summed E-state index contributed by atoms with van der Waals surface area (Å²) in [7, 11) is -3.74. The van der Waals surface area contributed by atoms with Crippen molar-refractivity contribution in [2.24, 2.45) is 0 Å². The summed E-state index contributed by atoms with van der Waals surface area (Å²) in [5.74, 6) is -0.363. The van der Waals surface area contributed by atoms with Gasteiger partial charge in [0.2, 0.25) is 5.91 Å². The maximum Gasteiger partial charge on any atom is 0.267 e. The Morgan fingerprint density at radius 3 is 2.47 bits per heavy atom. The third-order valence-electron chi connectivity index (χ3n) is 4.63. The molecule has 1 amide bonds. The fourth-order valence-electron chi connectivity index (χ4n) is 3.05. The number of rotatable bonds is 5. The van der Waals surface area contributed by atoms with Crippen molar-refractivity contribution in [3.05, 3.63) is 96.8 Å². The van der Waals surface area contributed by atoms with Crippen LogP contribution in [0, 0.1) is 0 Å². The minimum absolute atomic E-state index is 0.199. The predicted octanol–water partition coefficient (Wildman–Crippen LogP) is 4.11. The van der Waals surface area contributed by atoms with Crippen molar-refractivity contribution in [1.82, 2.24) is 3.97 Å². The molecular formula is C23H19N3O3S. The molecule has 0 aliphatic heterocycles. The molecule has 0 unspecified atom stereocenters. The molecule has 0 bridgehead atoms. The molecule has 0 radical (unpaired) electrons. The van der Waals surface area contributed by atoms with Crippen molar-refractivity contribution in [2.75, 3.05) is 11.1 Å². The van der Waals surface area contributed by atoms with Crippen LogP contribution >= 0.6 is 0 Å². The molecule has 0 saturated heterocycles. The summed E-state index contributed by atoms with van der Waals surface area (Å²) in [5.41, 5.74) is 7.37. The predicted molar refractivity (Wildman–Crippen MR) is 119 cm³/mol. The van der Waals surface area contributed by atoms with Crippen molar-refractivity contribution in [2.45, 2.75) is 4.90 Å². The van der Waals surface area contributed by atoms with Crippen LogP contribution in [0.2, 0.25) is 0 Å². The van der Waals surface area contributed by atoms with Gasteiger partial charge in [-0.1, -0.05) is 42.5 Å². The van der Waals surface area contributed by atoms with Crippen molar-refractivity contribution < 1.29 is 13.2 Å². The fraction of sp³-hybridized carbons (Fsp3) is 0. The number of carbonyl (C=O) groups is 1. The molecule has 7 heteroatoms. The molecule has 0 fully saturated rings. The van der Waals surface area contributed by atoms with Gasteiger partial charge in [-0.15, -0.1) is 0 Å². The summed E-state index contributed by atoms with van der Waals surface area (Å²) in [6.45, 7) is 0. The van der Waals surface area contributed by atoms with E-state index in [0.717, 1.165) is 14.7 Å². The molecule has 0 aliphatic carbocycles. The third-order valence-corrected chi connectivity index (χ3v) is 6.26. The molecule has 0 atom stereocenters. The number of fused-ring (bicyclic) bond motifs is 1. The topological polar surface area (TPSA) is 94.2 Å². The molecule has 150 valence electrons. The van der Waals surface area contributed by atoms with Crippen molar-refractivity contribution in [3.63, 3.8) is 0 Å². The van der Waals surface area contributed by atoms with Crippen LogP contribution in [0.25, 0.3) is 16.8 Å². The molecule has 4 rings (SSSR count). The average Bonchev–Trinajstić information content (AvgIpc) is 3.23. The number of amides is 1. The lowest BCUT2D eigenvalue weighted by Gasteiger charge is -2.07. The Balaban J connectivity index is 1.53. The van der Waals surface area contributed by atoms with E-state index >= 15 is 0 Å². The van der Waals surface area contributed by atoms with Crippen molar-refractivity contribution >= 4 is 44.2 Å². The zero-order chi connectivity index (χ0) is 21.1. The molecule has 3 aromatic carbocycles. The SMILES string of the molecule is Nc1ccccc1NC(=O)C=Cc1ccn(S(=O)(=O)c2ccc3ccccc3c2)c1. The van der Waals surface area contributed by atoms with E-state index in [-0.39, 0.29) is 10.8 Å². The Morgan fingerprint density at radius 2 is 1.67 bits per heavy atom. The highest BCUT2D eigenvalue weighted by atomic mass is 32.2. The van der Waals surface area contributed by atoms with E-state index in [1.807, 2.05) is 24.3 Å². The highest BCUT2D eigenvalue weighted by molar-refractivity contribution is 7.90. The number of nitrogens with one attached hydrogen (secondary N) is 1. The molecular weight excluding hydrogens is 398 g/mol. The first-order valence-corrected chi connectivity index (χ1v) is 10.6. The Bertz CT molecular complexity index is 1370. The second kappa shape index (κ2) is 7.88. The lowest BCUT2D eigenvalue weighted by Crippen LogP contribution is -2.10. The van der Waals surface area contributed by atoms with Crippen LogP contribution in [0.3, 0.4) is 0 Å². The monoisotopic (exact) mass is 417 g/mol. The third kappa shape index (κ3) is 3.97. The van der Waals surface area contributed by atoms with E-state index in [1.54, 1.807) is 54.6 Å². The summed E-state index contributed by atoms with van der Waals surface area (Å²) in [6.07, 6.45) is 5.79. The zero-order valence-electron chi connectivity index (χ0n) is 15.9. The summed E-state index contributed by atoms with van der Waals surface area (Å²) in [6, 6.07) is 21.2. The maximum absolute atomic E-state index is 13.0. The van der Waals surface area contributed by atoms with Crippen molar-refractivity contribution in [3.8, 4) is 0 Å². The lowest BCUT2D eigenvalue weighted by molar-refractivity contribution is -0.111. The minimum Gasteiger partial charge on any atom is -0.397 e. The van der Waals surface area contributed by atoms with Gasteiger partial charge in [0.1, 0.15) is 0 Å². The molecule has 0 saturated carbocycles. The number of nitrogens with zero attached hydrogens (tertiary/aromatic N) is 1. The molecule has 1 heterocycles. The molecule has 0 aliphatic rings. The summed E-state index contributed by atoms with van der Waals surface area (Å²) >= 11 is 0. The minimum atomic E-state index is -3.74. The van der Waals surface area contributed by atoms with Gasteiger partial charge in [0, 0.05) is 18.5 Å². The summed E-state index contributed by atoms with van der Waals surface area (Å²) in [5, 5.41) is 4.50. The van der Waals surface area contributed by atoms with E-state index in [2.05, 4.69) is 5.32 Å². The van der Waals surface area contributed by atoms with Gasteiger partial charge < -0.3 is 11.1 Å². The first-order chi connectivity index (χ1) is 14.4. The number of aromatic nitrogens is 1. The van der Waals surface area contributed by atoms with Gasteiger partial charge >= 0.3 is 0 Å². The lowest BCUT2D eigenvalue weighted by atomic mass is 10.1. The van der Waals surface area contributed by atoms with Gasteiger partial charge in [-0.3, -0.25) is 4.79 Å². The van der Waals surface area contributed by atoms with Crippen LogP contribution in [-0.2, 0) is 14.8 Å². The second-order valence-corrected chi connectivity index (χ2v) is 8.54. The van der Waals surface area contributed by atoms with Gasteiger partial charge in [-0.25, -0.2) is 12.4 Å². The molecule has 0 spiro atoms. The van der Waals surface area contributed by atoms with Crippen LogP contribution < -0.4 is 11.1 Å². The number of nitrogen functional groups attached to an aromatic ring is 1. The van der Waals surface area contributed by atoms with Gasteiger partial charge in [-0.2, -0.15) is 0 Å². The smallest absolute Gasteiger partial charge is 0.267 e.